The first-order valence-corrected chi connectivity index (χ1v) is 10.2. The van der Waals surface area contributed by atoms with Gasteiger partial charge < -0.3 is 15.0 Å². The molecule has 4 rings (SSSR count). The van der Waals surface area contributed by atoms with Gasteiger partial charge >= 0.3 is 0 Å². The molecule has 0 fully saturated rings. The molecule has 0 atom stereocenters. The third-order valence-corrected chi connectivity index (χ3v) is 5.04. The number of benzene rings is 1. The number of guanidine groups is 1. The molecule has 3 heterocycles. The Balaban J connectivity index is 1.22. The fraction of sp³-hybridized carbons (Fsp3) is 0.261. The van der Waals surface area contributed by atoms with Crippen LogP contribution in [0.5, 0.6) is 0 Å². The van der Waals surface area contributed by atoms with Crippen molar-refractivity contribution >= 4 is 11.6 Å². The highest BCUT2D eigenvalue weighted by Gasteiger charge is 2.04. The zero-order valence-electron chi connectivity index (χ0n) is 17.4. The molecule has 0 unspecified atom stereocenters. The highest BCUT2D eigenvalue weighted by Crippen LogP contribution is 2.10. The maximum absolute atomic E-state index is 4.72. The lowest BCUT2D eigenvalue weighted by Gasteiger charge is -2.11. The third kappa shape index (κ3) is 4.68. The molecule has 4 aromatic rings. The normalized spacial score (nSPS) is 11.7. The number of aryl methyl sites for hydroxylation is 1. The maximum Gasteiger partial charge on any atom is 0.190 e. The summed E-state index contributed by atoms with van der Waals surface area (Å²) in [4.78, 5) is 9.03. The molecule has 0 amide bonds. The third-order valence-electron chi connectivity index (χ3n) is 5.04. The summed E-state index contributed by atoms with van der Waals surface area (Å²) in [6.45, 7) is 3.68. The van der Waals surface area contributed by atoms with Crippen LogP contribution in [0.3, 0.4) is 0 Å². The molecule has 3 aromatic heterocycles. The van der Waals surface area contributed by atoms with E-state index < -0.39 is 0 Å². The second kappa shape index (κ2) is 9.26. The number of aliphatic imine (C=N–C) groups is 1. The van der Waals surface area contributed by atoms with Crippen LogP contribution in [0.2, 0.25) is 0 Å². The quantitative estimate of drug-likeness (QED) is 0.369. The standard InChI is InChI=1S/C23H27N7/c1-18-5-3-15-29-17-20(28-22(18)29)11-14-26-23(24-2)25-13-10-19-6-8-21(9-7-19)30-16-4-12-27-30/h3-9,12,15-17H,10-11,13-14H2,1-2H3,(H2,24,25,26). The Kier molecular flexibility index (Phi) is 6.08. The summed E-state index contributed by atoms with van der Waals surface area (Å²) in [5, 5.41) is 11.0. The monoisotopic (exact) mass is 401 g/mol. The number of hydrogen-bond donors (Lipinski definition) is 2. The van der Waals surface area contributed by atoms with Crippen molar-refractivity contribution in [2.45, 2.75) is 19.8 Å². The summed E-state index contributed by atoms with van der Waals surface area (Å²) >= 11 is 0. The zero-order chi connectivity index (χ0) is 20.8. The van der Waals surface area contributed by atoms with E-state index in [0.717, 1.165) is 48.9 Å². The lowest BCUT2D eigenvalue weighted by Crippen LogP contribution is -2.39. The van der Waals surface area contributed by atoms with E-state index in [2.05, 4.69) is 68.6 Å². The second-order valence-electron chi connectivity index (χ2n) is 7.20. The molecule has 7 nitrogen and oxygen atoms in total. The van der Waals surface area contributed by atoms with Crippen LogP contribution in [0.15, 0.2) is 72.2 Å². The molecule has 0 saturated heterocycles. The Morgan fingerprint density at radius 3 is 2.50 bits per heavy atom. The maximum atomic E-state index is 4.72. The Morgan fingerprint density at radius 1 is 1.00 bits per heavy atom. The van der Waals surface area contributed by atoms with Crippen LogP contribution in [0.25, 0.3) is 11.3 Å². The highest BCUT2D eigenvalue weighted by atomic mass is 15.3. The Labute approximate surface area is 176 Å². The van der Waals surface area contributed by atoms with E-state index in [4.69, 9.17) is 4.98 Å². The molecular formula is C23H27N7. The number of aromatic nitrogens is 4. The van der Waals surface area contributed by atoms with Crippen molar-refractivity contribution in [1.82, 2.24) is 29.8 Å². The van der Waals surface area contributed by atoms with E-state index in [1.54, 1.807) is 13.2 Å². The van der Waals surface area contributed by atoms with Crippen molar-refractivity contribution in [3.05, 3.63) is 84.1 Å². The summed E-state index contributed by atoms with van der Waals surface area (Å²) in [7, 11) is 1.79. The summed E-state index contributed by atoms with van der Waals surface area (Å²) in [5.41, 5.74) is 5.62. The SMILES string of the molecule is CN=C(NCCc1ccc(-n2cccn2)cc1)NCCc1cn2cccc(C)c2n1. The van der Waals surface area contributed by atoms with Crippen molar-refractivity contribution in [2.75, 3.05) is 20.1 Å². The molecule has 7 heteroatoms. The van der Waals surface area contributed by atoms with E-state index in [1.807, 2.05) is 29.2 Å². The molecule has 2 N–H and O–H groups in total. The largest absolute Gasteiger partial charge is 0.356 e. The van der Waals surface area contributed by atoms with Gasteiger partial charge in [0.1, 0.15) is 5.65 Å². The molecule has 0 spiro atoms. The number of rotatable bonds is 7. The summed E-state index contributed by atoms with van der Waals surface area (Å²) < 4.78 is 3.94. The van der Waals surface area contributed by atoms with Crippen molar-refractivity contribution in [1.29, 1.82) is 0 Å². The molecule has 1 aromatic carbocycles. The van der Waals surface area contributed by atoms with Gasteiger partial charge in [-0.2, -0.15) is 5.10 Å². The van der Waals surface area contributed by atoms with Crippen molar-refractivity contribution in [3.63, 3.8) is 0 Å². The topological polar surface area (TPSA) is 71.5 Å². The van der Waals surface area contributed by atoms with Crippen LogP contribution in [-0.2, 0) is 12.8 Å². The van der Waals surface area contributed by atoms with E-state index in [9.17, 15) is 0 Å². The van der Waals surface area contributed by atoms with Crippen molar-refractivity contribution < 1.29 is 0 Å². The highest BCUT2D eigenvalue weighted by molar-refractivity contribution is 5.79. The molecule has 0 saturated carbocycles. The molecule has 0 aliphatic rings. The lowest BCUT2D eigenvalue weighted by atomic mass is 10.1. The van der Waals surface area contributed by atoms with E-state index >= 15 is 0 Å². The fourth-order valence-electron chi connectivity index (χ4n) is 3.42. The molecule has 154 valence electrons. The molecule has 0 aliphatic carbocycles. The second-order valence-corrected chi connectivity index (χ2v) is 7.20. The first kappa shape index (κ1) is 19.7. The summed E-state index contributed by atoms with van der Waals surface area (Å²) in [6, 6.07) is 14.5. The molecule has 30 heavy (non-hydrogen) atoms. The van der Waals surface area contributed by atoms with Gasteiger partial charge in [-0.3, -0.25) is 4.99 Å². The molecule has 0 bridgehead atoms. The van der Waals surface area contributed by atoms with E-state index in [1.165, 1.54) is 11.1 Å². The van der Waals surface area contributed by atoms with Crippen molar-refractivity contribution in [2.24, 2.45) is 4.99 Å². The Hall–Kier alpha value is -3.61. The average molecular weight is 402 g/mol. The van der Waals surface area contributed by atoms with Crippen LogP contribution >= 0.6 is 0 Å². The van der Waals surface area contributed by atoms with Crippen LogP contribution in [0, 0.1) is 6.92 Å². The van der Waals surface area contributed by atoms with Gasteiger partial charge in [0, 0.05) is 51.3 Å². The van der Waals surface area contributed by atoms with Crippen LogP contribution in [0.1, 0.15) is 16.8 Å². The first-order valence-electron chi connectivity index (χ1n) is 10.2. The minimum absolute atomic E-state index is 0.779. The van der Waals surface area contributed by atoms with Gasteiger partial charge in [0.05, 0.1) is 11.4 Å². The van der Waals surface area contributed by atoms with Gasteiger partial charge in [-0.1, -0.05) is 18.2 Å². The Bertz CT molecular complexity index is 1110. The van der Waals surface area contributed by atoms with Crippen LogP contribution < -0.4 is 10.6 Å². The fourth-order valence-corrected chi connectivity index (χ4v) is 3.42. The van der Waals surface area contributed by atoms with Gasteiger partial charge in [0.15, 0.2) is 5.96 Å². The predicted molar refractivity (Wildman–Crippen MR) is 120 cm³/mol. The lowest BCUT2D eigenvalue weighted by molar-refractivity contribution is 0.778. The number of nitrogens with zero attached hydrogens (tertiary/aromatic N) is 5. The van der Waals surface area contributed by atoms with Gasteiger partial charge in [0.25, 0.3) is 0 Å². The number of nitrogens with one attached hydrogen (secondary N) is 2. The van der Waals surface area contributed by atoms with Crippen molar-refractivity contribution in [3.8, 4) is 5.69 Å². The van der Waals surface area contributed by atoms with Crippen LogP contribution in [-0.4, -0.2) is 45.3 Å². The predicted octanol–water partition coefficient (Wildman–Crippen LogP) is 2.78. The Morgan fingerprint density at radius 2 is 1.80 bits per heavy atom. The average Bonchev–Trinajstić information content (AvgIpc) is 3.44. The summed E-state index contributed by atoms with van der Waals surface area (Å²) in [6.07, 6.45) is 9.62. The summed E-state index contributed by atoms with van der Waals surface area (Å²) in [5.74, 6) is 0.808. The minimum Gasteiger partial charge on any atom is -0.356 e. The van der Waals surface area contributed by atoms with E-state index in [0.29, 0.717) is 0 Å². The van der Waals surface area contributed by atoms with Gasteiger partial charge in [-0.25, -0.2) is 9.67 Å². The van der Waals surface area contributed by atoms with Gasteiger partial charge in [0.2, 0.25) is 0 Å². The number of fused-ring (bicyclic) bond motifs is 1. The smallest absolute Gasteiger partial charge is 0.190 e. The minimum atomic E-state index is 0.779. The zero-order valence-corrected chi connectivity index (χ0v) is 17.4. The van der Waals surface area contributed by atoms with Crippen LogP contribution in [0.4, 0.5) is 0 Å². The van der Waals surface area contributed by atoms with E-state index in [-0.39, 0.29) is 0 Å². The number of imidazole rings is 1. The molecule has 0 radical (unpaired) electrons. The molecular weight excluding hydrogens is 374 g/mol. The van der Waals surface area contributed by atoms with Gasteiger partial charge in [-0.15, -0.1) is 0 Å². The first-order chi connectivity index (χ1) is 14.7. The number of pyridine rings is 1. The molecule has 0 aliphatic heterocycles. The van der Waals surface area contributed by atoms with Gasteiger partial charge in [-0.05, 0) is 48.7 Å². The number of hydrogen-bond acceptors (Lipinski definition) is 3.